The summed E-state index contributed by atoms with van der Waals surface area (Å²) in [4.78, 5) is 16.8. The molecule has 0 aliphatic carbocycles. The Hall–Kier alpha value is -4.22. The summed E-state index contributed by atoms with van der Waals surface area (Å²) < 4.78 is 55.5. The Morgan fingerprint density at radius 3 is 2.05 bits per heavy atom. The highest BCUT2D eigenvalue weighted by Gasteiger charge is 2.27. The number of aryl methyl sites for hydroxylation is 1. The van der Waals surface area contributed by atoms with Gasteiger partial charge >= 0.3 is 0 Å². The minimum atomic E-state index is -4.03. The maximum Gasteiger partial charge on any atom is 0.264 e. The first-order valence-corrected chi connectivity index (χ1v) is 14.0. The van der Waals surface area contributed by atoms with Gasteiger partial charge in [-0.2, -0.15) is 0 Å². The number of benzene rings is 3. The molecule has 1 amide bonds. The number of carbonyl (C=O) groups excluding carboxylic acids is 1. The van der Waals surface area contributed by atoms with Crippen LogP contribution in [-0.4, -0.2) is 34.3 Å². The average molecular weight is 537 g/mol. The molecule has 190 valence electrons. The third kappa shape index (κ3) is 6.32. The van der Waals surface area contributed by atoms with Crippen molar-refractivity contribution in [2.75, 3.05) is 20.9 Å². The molecular weight excluding hydrogens is 512 g/mol. The van der Waals surface area contributed by atoms with Gasteiger partial charge in [0, 0.05) is 11.9 Å². The van der Waals surface area contributed by atoms with Crippen LogP contribution < -0.4 is 14.3 Å². The first kappa shape index (κ1) is 25.9. The summed E-state index contributed by atoms with van der Waals surface area (Å²) in [5, 5.41) is 2.63. The standard InChI is InChI=1S/C26H24N4O5S2/c1-20-9-13-25(14-10-20)37(34,35)30(23-7-3-2-4-8-23)19-26(31)28-21-11-15-24(16-12-21)36(32,33)29-22-6-5-17-27-18-22/h2-18,29H,19H2,1H3,(H,28,31). The molecule has 1 aromatic heterocycles. The normalized spacial score (nSPS) is 11.5. The zero-order valence-electron chi connectivity index (χ0n) is 19.8. The fourth-order valence-electron chi connectivity index (χ4n) is 3.43. The summed E-state index contributed by atoms with van der Waals surface area (Å²) in [6, 6.07) is 23.4. The minimum absolute atomic E-state index is 0.0118. The number of aromatic nitrogens is 1. The predicted molar refractivity (Wildman–Crippen MR) is 142 cm³/mol. The largest absolute Gasteiger partial charge is 0.325 e. The van der Waals surface area contributed by atoms with Crippen LogP contribution in [0.1, 0.15) is 5.56 Å². The molecule has 9 nitrogen and oxygen atoms in total. The summed E-state index contributed by atoms with van der Waals surface area (Å²) in [6.07, 6.45) is 2.91. The van der Waals surface area contributed by atoms with Crippen molar-refractivity contribution in [1.29, 1.82) is 0 Å². The summed E-state index contributed by atoms with van der Waals surface area (Å²) in [7, 11) is -7.89. The molecule has 37 heavy (non-hydrogen) atoms. The van der Waals surface area contributed by atoms with Crippen LogP contribution in [-0.2, 0) is 24.8 Å². The monoisotopic (exact) mass is 536 g/mol. The Bertz CT molecular complexity index is 1580. The lowest BCUT2D eigenvalue weighted by Gasteiger charge is -2.24. The topological polar surface area (TPSA) is 126 Å². The van der Waals surface area contributed by atoms with Crippen LogP contribution in [0, 0.1) is 6.92 Å². The number of para-hydroxylation sites is 1. The van der Waals surface area contributed by atoms with E-state index in [9.17, 15) is 21.6 Å². The number of rotatable bonds is 9. The van der Waals surface area contributed by atoms with Crippen molar-refractivity contribution in [2.45, 2.75) is 16.7 Å². The van der Waals surface area contributed by atoms with Crippen molar-refractivity contribution in [3.8, 4) is 0 Å². The highest BCUT2D eigenvalue weighted by atomic mass is 32.2. The van der Waals surface area contributed by atoms with Crippen molar-refractivity contribution in [1.82, 2.24) is 4.98 Å². The maximum absolute atomic E-state index is 13.4. The molecule has 0 radical (unpaired) electrons. The molecule has 0 saturated carbocycles. The second-order valence-corrected chi connectivity index (χ2v) is 11.6. The third-order valence-corrected chi connectivity index (χ3v) is 8.49. The number of hydrogen-bond acceptors (Lipinski definition) is 6. The quantitative estimate of drug-likeness (QED) is 0.333. The van der Waals surface area contributed by atoms with Crippen molar-refractivity contribution in [2.24, 2.45) is 0 Å². The molecule has 0 unspecified atom stereocenters. The fraction of sp³-hybridized carbons (Fsp3) is 0.0769. The molecule has 4 aromatic rings. The SMILES string of the molecule is Cc1ccc(S(=O)(=O)N(CC(=O)Nc2ccc(S(=O)(=O)Nc3cccnc3)cc2)c2ccccc2)cc1. The lowest BCUT2D eigenvalue weighted by atomic mass is 10.2. The molecule has 0 aliphatic rings. The van der Waals surface area contributed by atoms with Gasteiger partial charge in [-0.3, -0.25) is 18.8 Å². The molecule has 0 bridgehead atoms. The number of sulfonamides is 2. The van der Waals surface area contributed by atoms with Crippen LogP contribution in [0.3, 0.4) is 0 Å². The van der Waals surface area contributed by atoms with Gasteiger partial charge in [0.15, 0.2) is 0 Å². The molecule has 11 heteroatoms. The van der Waals surface area contributed by atoms with E-state index in [-0.39, 0.29) is 9.79 Å². The van der Waals surface area contributed by atoms with Crippen LogP contribution in [0.5, 0.6) is 0 Å². The summed E-state index contributed by atoms with van der Waals surface area (Å²) in [5.41, 5.74) is 1.87. The van der Waals surface area contributed by atoms with E-state index in [4.69, 9.17) is 0 Å². The van der Waals surface area contributed by atoms with Crippen molar-refractivity contribution < 1.29 is 21.6 Å². The number of pyridine rings is 1. The molecule has 2 N–H and O–H groups in total. The molecule has 0 fully saturated rings. The second kappa shape index (κ2) is 10.8. The molecule has 4 rings (SSSR count). The summed E-state index contributed by atoms with van der Waals surface area (Å²) in [6.45, 7) is 1.37. The van der Waals surface area contributed by atoms with Gasteiger partial charge in [-0.15, -0.1) is 0 Å². The number of amides is 1. The number of hydrogen-bond donors (Lipinski definition) is 2. The van der Waals surface area contributed by atoms with Crippen LogP contribution in [0.25, 0.3) is 0 Å². The molecular formula is C26H24N4O5S2. The van der Waals surface area contributed by atoms with Gasteiger partial charge in [0.2, 0.25) is 5.91 Å². The van der Waals surface area contributed by atoms with Gasteiger partial charge in [-0.1, -0.05) is 35.9 Å². The fourth-order valence-corrected chi connectivity index (χ4v) is 5.90. The first-order chi connectivity index (χ1) is 17.6. The Kier molecular flexibility index (Phi) is 7.55. The zero-order chi connectivity index (χ0) is 26.5. The van der Waals surface area contributed by atoms with Gasteiger partial charge in [-0.25, -0.2) is 16.8 Å². The molecule has 0 aliphatic heterocycles. The summed E-state index contributed by atoms with van der Waals surface area (Å²) in [5.74, 6) is -0.594. The molecule has 0 spiro atoms. The Labute approximate surface area is 215 Å². The van der Waals surface area contributed by atoms with E-state index in [0.717, 1.165) is 9.87 Å². The lowest BCUT2D eigenvalue weighted by molar-refractivity contribution is -0.114. The Balaban J connectivity index is 1.51. The smallest absolute Gasteiger partial charge is 0.264 e. The van der Waals surface area contributed by atoms with Gasteiger partial charge < -0.3 is 5.32 Å². The number of carbonyl (C=O) groups is 1. The molecule has 3 aromatic carbocycles. The van der Waals surface area contributed by atoms with Gasteiger partial charge in [0.05, 0.1) is 27.4 Å². The third-order valence-electron chi connectivity index (χ3n) is 5.30. The van der Waals surface area contributed by atoms with Crippen LogP contribution in [0.15, 0.2) is 113 Å². The molecule has 1 heterocycles. The summed E-state index contributed by atoms with van der Waals surface area (Å²) >= 11 is 0. The van der Waals surface area contributed by atoms with E-state index in [1.165, 1.54) is 48.8 Å². The van der Waals surface area contributed by atoms with E-state index in [1.807, 2.05) is 6.92 Å². The van der Waals surface area contributed by atoms with Crippen molar-refractivity contribution in [3.63, 3.8) is 0 Å². The van der Waals surface area contributed by atoms with Gasteiger partial charge in [0.25, 0.3) is 20.0 Å². The predicted octanol–water partition coefficient (Wildman–Crippen LogP) is 4.02. The maximum atomic E-state index is 13.4. The number of nitrogens with one attached hydrogen (secondary N) is 2. The van der Waals surface area contributed by atoms with Gasteiger partial charge in [-0.05, 0) is 67.6 Å². The molecule has 0 saturated heterocycles. The van der Waals surface area contributed by atoms with Crippen LogP contribution in [0.4, 0.5) is 17.1 Å². The van der Waals surface area contributed by atoms with Gasteiger partial charge in [0.1, 0.15) is 6.54 Å². The average Bonchev–Trinajstić information content (AvgIpc) is 2.88. The number of nitrogens with zero attached hydrogens (tertiary/aromatic N) is 2. The van der Waals surface area contributed by atoms with Crippen molar-refractivity contribution in [3.05, 3.63) is 109 Å². The zero-order valence-corrected chi connectivity index (χ0v) is 21.4. The van der Waals surface area contributed by atoms with E-state index in [2.05, 4.69) is 15.0 Å². The van der Waals surface area contributed by atoms with Crippen LogP contribution >= 0.6 is 0 Å². The minimum Gasteiger partial charge on any atom is -0.325 e. The number of anilines is 3. The van der Waals surface area contributed by atoms with Crippen molar-refractivity contribution >= 4 is 43.0 Å². The highest BCUT2D eigenvalue weighted by Crippen LogP contribution is 2.24. The molecule has 0 atom stereocenters. The van der Waals surface area contributed by atoms with E-state index in [1.54, 1.807) is 54.6 Å². The van der Waals surface area contributed by atoms with E-state index in [0.29, 0.717) is 17.1 Å². The lowest BCUT2D eigenvalue weighted by Crippen LogP contribution is -2.38. The second-order valence-electron chi connectivity index (χ2n) is 8.08. The highest BCUT2D eigenvalue weighted by molar-refractivity contribution is 7.93. The van der Waals surface area contributed by atoms with Crippen LogP contribution in [0.2, 0.25) is 0 Å². The Morgan fingerprint density at radius 1 is 0.784 bits per heavy atom. The van der Waals surface area contributed by atoms with E-state index < -0.39 is 32.5 Å². The first-order valence-electron chi connectivity index (χ1n) is 11.1. The Morgan fingerprint density at radius 2 is 1.43 bits per heavy atom. The van der Waals surface area contributed by atoms with E-state index >= 15 is 0 Å².